The molecule has 10 heteroatoms. The van der Waals surface area contributed by atoms with E-state index in [0.29, 0.717) is 18.7 Å². The number of imidazole rings is 2. The second-order valence-electron chi connectivity index (χ2n) is 6.81. The lowest BCUT2D eigenvalue weighted by molar-refractivity contribution is -0.147. The predicted molar refractivity (Wildman–Crippen MR) is 93.3 cm³/mol. The highest BCUT2D eigenvalue weighted by Crippen LogP contribution is 2.32. The van der Waals surface area contributed by atoms with Crippen LogP contribution in [0.2, 0.25) is 0 Å². The number of nitrogens with zero attached hydrogens (tertiary/aromatic N) is 5. The molecule has 1 atom stereocenters. The van der Waals surface area contributed by atoms with Gasteiger partial charge in [0.25, 0.3) is 0 Å². The van der Waals surface area contributed by atoms with Gasteiger partial charge in [0.05, 0.1) is 17.9 Å². The molecule has 0 aromatic carbocycles. The van der Waals surface area contributed by atoms with Crippen molar-refractivity contribution in [3.63, 3.8) is 0 Å². The number of carbonyl (C=O) groups excluding carboxylic acids is 1. The van der Waals surface area contributed by atoms with E-state index in [4.69, 9.17) is 0 Å². The third-order valence-electron chi connectivity index (χ3n) is 5.02. The van der Waals surface area contributed by atoms with Crippen molar-refractivity contribution in [3.8, 4) is 0 Å². The van der Waals surface area contributed by atoms with Crippen LogP contribution in [0.25, 0.3) is 4.96 Å². The van der Waals surface area contributed by atoms with Gasteiger partial charge in [0.1, 0.15) is 0 Å². The minimum absolute atomic E-state index is 0.0689. The van der Waals surface area contributed by atoms with Crippen molar-refractivity contribution in [2.45, 2.75) is 39.0 Å². The van der Waals surface area contributed by atoms with E-state index in [1.54, 1.807) is 11.9 Å². The summed E-state index contributed by atoms with van der Waals surface area (Å²) in [6, 6.07) is 0. The quantitative estimate of drug-likeness (QED) is 0.682. The molecular formula is C17H18F3N5OS. The first kappa shape index (κ1) is 18.0. The molecule has 0 aliphatic carbocycles. The molecule has 0 fully saturated rings. The van der Waals surface area contributed by atoms with E-state index in [1.165, 1.54) is 22.1 Å². The molecule has 27 heavy (non-hydrogen) atoms. The zero-order chi connectivity index (χ0) is 19.3. The first-order valence-electron chi connectivity index (χ1n) is 8.53. The summed E-state index contributed by atoms with van der Waals surface area (Å²) in [5.74, 6) is -1.29. The van der Waals surface area contributed by atoms with Gasteiger partial charge in [0.15, 0.2) is 4.96 Å². The molecule has 0 spiro atoms. The first-order valence-corrected chi connectivity index (χ1v) is 9.41. The van der Waals surface area contributed by atoms with Gasteiger partial charge in [-0.3, -0.25) is 9.20 Å². The molecule has 4 rings (SSSR count). The minimum Gasteiger partial charge on any atom is -0.340 e. The number of thiazole rings is 1. The maximum absolute atomic E-state index is 13.0. The molecule has 3 aromatic heterocycles. The monoisotopic (exact) mass is 397 g/mol. The largest absolute Gasteiger partial charge is 0.449 e. The Balaban J connectivity index is 1.49. The zero-order valence-corrected chi connectivity index (χ0v) is 15.6. The number of carbonyl (C=O) groups is 1. The number of hydrogen-bond acceptors (Lipinski definition) is 4. The SMILES string of the molecule is Cc1nc2sccn2c1CN(C)C(=O)[C@@H]1CCn2c(cnc2C(F)(F)F)C1. The van der Waals surface area contributed by atoms with Crippen molar-refractivity contribution in [1.29, 1.82) is 0 Å². The second-order valence-corrected chi connectivity index (χ2v) is 7.68. The van der Waals surface area contributed by atoms with Gasteiger partial charge in [-0.15, -0.1) is 11.3 Å². The summed E-state index contributed by atoms with van der Waals surface area (Å²) < 4.78 is 42.1. The van der Waals surface area contributed by atoms with Gasteiger partial charge in [0, 0.05) is 49.4 Å². The van der Waals surface area contributed by atoms with Gasteiger partial charge in [-0.05, 0) is 13.3 Å². The van der Waals surface area contributed by atoms with Crippen LogP contribution in [0.15, 0.2) is 17.8 Å². The average molecular weight is 397 g/mol. The Kier molecular flexibility index (Phi) is 4.25. The van der Waals surface area contributed by atoms with Crippen LogP contribution < -0.4 is 0 Å². The van der Waals surface area contributed by atoms with Gasteiger partial charge < -0.3 is 9.47 Å². The number of alkyl halides is 3. The highest BCUT2D eigenvalue weighted by atomic mass is 32.1. The molecule has 0 saturated heterocycles. The van der Waals surface area contributed by atoms with Crippen LogP contribution in [-0.4, -0.2) is 36.8 Å². The summed E-state index contributed by atoms with van der Waals surface area (Å²) in [4.78, 5) is 23.4. The molecule has 0 unspecified atom stereocenters. The van der Waals surface area contributed by atoms with Gasteiger partial charge in [-0.2, -0.15) is 13.2 Å². The van der Waals surface area contributed by atoms with E-state index in [1.807, 2.05) is 22.9 Å². The van der Waals surface area contributed by atoms with E-state index in [9.17, 15) is 18.0 Å². The average Bonchev–Trinajstić information content (AvgIpc) is 3.29. The summed E-state index contributed by atoms with van der Waals surface area (Å²) in [5, 5.41) is 1.94. The normalized spacial score (nSPS) is 17.3. The predicted octanol–water partition coefficient (Wildman–Crippen LogP) is 3.14. The molecule has 0 N–H and O–H groups in total. The number of aromatic nitrogens is 4. The Morgan fingerprint density at radius 3 is 2.96 bits per heavy atom. The second kappa shape index (κ2) is 6.36. The molecule has 0 radical (unpaired) electrons. The summed E-state index contributed by atoms with van der Waals surface area (Å²) in [6.07, 6.45) is -0.679. The van der Waals surface area contributed by atoms with E-state index in [-0.39, 0.29) is 24.8 Å². The Morgan fingerprint density at radius 1 is 1.44 bits per heavy atom. The van der Waals surface area contributed by atoms with Crippen molar-refractivity contribution in [3.05, 3.63) is 40.7 Å². The van der Waals surface area contributed by atoms with Crippen molar-refractivity contribution >= 4 is 22.2 Å². The lowest BCUT2D eigenvalue weighted by Gasteiger charge is -2.28. The lowest BCUT2D eigenvalue weighted by atomic mass is 9.94. The van der Waals surface area contributed by atoms with Gasteiger partial charge >= 0.3 is 6.18 Å². The lowest BCUT2D eigenvalue weighted by Crippen LogP contribution is -2.37. The summed E-state index contributed by atoms with van der Waals surface area (Å²) in [6.45, 7) is 2.46. The molecular weight excluding hydrogens is 379 g/mol. The maximum atomic E-state index is 13.0. The number of hydrogen-bond donors (Lipinski definition) is 0. The molecule has 1 aliphatic heterocycles. The first-order chi connectivity index (χ1) is 12.8. The van der Waals surface area contributed by atoms with Crippen molar-refractivity contribution in [2.75, 3.05) is 7.05 Å². The molecule has 144 valence electrons. The Hall–Kier alpha value is -2.36. The highest BCUT2D eigenvalue weighted by Gasteiger charge is 2.39. The fraction of sp³-hybridized carbons (Fsp3) is 0.471. The third kappa shape index (κ3) is 3.11. The van der Waals surface area contributed by atoms with Gasteiger partial charge in [-0.1, -0.05) is 0 Å². The van der Waals surface area contributed by atoms with Crippen LogP contribution in [0.4, 0.5) is 13.2 Å². The minimum atomic E-state index is -4.47. The van der Waals surface area contributed by atoms with Crippen LogP contribution in [0.1, 0.15) is 29.3 Å². The maximum Gasteiger partial charge on any atom is 0.449 e. The van der Waals surface area contributed by atoms with Crippen LogP contribution in [-0.2, 0) is 30.5 Å². The zero-order valence-electron chi connectivity index (χ0n) is 14.8. The van der Waals surface area contributed by atoms with Crippen LogP contribution in [0.3, 0.4) is 0 Å². The van der Waals surface area contributed by atoms with Gasteiger partial charge in [-0.25, -0.2) is 9.97 Å². The molecule has 3 aromatic rings. The van der Waals surface area contributed by atoms with Gasteiger partial charge in [0.2, 0.25) is 11.7 Å². The fourth-order valence-electron chi connectivity index (χ4n) is 3.65. The van der Waals surface area contributed by atoms with Crippen molar-refractivity contribution in [1.82, 2.24) is 23.8 Å². The fourth-order valence-corrected chi connectivity index (χ4v) is 4.42. The Labute approximate surface area is 157 Å². The molecule has 6 nitrogen and oxygen atoms in total. The van der Waals surface area contributed by atoms with Crippen LogP contribution in [0.5, 0.6) is 0 Å². The van der Waals surface area contributed by atoms with Crippen LogP contribution in [0, 0.1) is 12.8 Å². The summed E-state index contributed by atoms with van der Waals surface area (Å²) >= 11 is 1.53. The van der Waals surface area contributed by atoms with E-state index < -0.39 is 12.0 Å². The van der Waals surface area contributed by atoms with E-state index >= 15 is 0 Å². The highest BCUT2D eigenvalue weighted by molar-refractivity contribution is 7.15. The standard InChI is InChI=1S/C17H18F3N5OS/c1-10-13(25-5-6-27-16(25)22-10)9-23(2)14(26)11-3-4-24-12(7-11)8-21-15(24)17(18,19)20/h5-6,8,11H,3-4,7,9H2,1-2H3/t11-/m1/s1. The van der Waals surface area contributed by atoms with E-state index in [2.05, 4.69) is 9.97 Å². The number of halogens is 3. The molecule has 0 saturated carbocycles. The molecule has 1 aliphatic rings. The number of amides is 1. The van der Waals surface area contributed by atoms with Crippen molar-refractivity contribution in [2.24, 2.45) is 5.92 Å². The smallest absolute Gasteiger partial charge is 0.340 e. The van der Waals surface area contributed by atoms with E-state index in [0.717, 1.165) is 16.3 Å². The number of fused-ring (bicyclic) bond motifs is 2. The topological polar surface area (TPSA) is 55.4 Å². The molecule has 1 amide bonds. The molecule has 4 heterocycles. The number of aryl methyl sites for hydroxylation is 1. The third-order valence-corrected chi connectivity index (χ3v) is 5.78. The Bertz CT molecular complexity index is 1000. The molecule has 0 bridgehead atoms. The number of rotatable bonds is 3. The summed E-state index contributed by atoms with van der Waals surface area (Å²) in [5.41, 5.74) is 2.28. The van der Waals surface area contributed by atoms with Crippen molar-refractivity contribution < 1.29 is 18.0 Å². The summed E-state index contributed by atoms with van der Waals surface area (Å²) in [7, 11) is 1.72. The Morgan fingerprint density at radius 2 is 2.22 bits per heavy atom. The van der Waals surface area contributed by atoms with Crippen LogP contribution >= 0.6 is 11.3 Å².